The predicted octanol–water partition coefficient (Wildman–Crippen LogP) is 5.57. The molecule has 0 bridgehead atoms. The average molecular weight is 410 g/mol. The van der Waals surface area contributed by atoms with E-state index in [0.29, 0.717) is 6.04 Å². The van der Waals surface area contributed by atoms with Gasteiger partial charge in [0.25, 0.3) is 0 Å². The van der Waals surface area contributed by atoms with Gasteiger partial charge in [-0.2, -0.15) is 11.8 Å². The molecule has 1 aromatic carbocycles. The lowest BCUT2D eigenvalue weighted by Gasteiger charge is -2.33. The molecule has 1 aliphatic heterocycles. The van der Waals surface area contributed by atoms with Gasteiger partial charge < -0.3 is 14.6 Å². The molecule has 1 heterocycles. The standard InChI is InChI=1S/C21H34NOPS.CH2O/c1-3-23-24(14-18-9-5-4-6-10-18)15-20-13-22-21(16-25-20)19-11-7-8-17(2)12-19;1-2/h7-8,11-12,18,20-22H,3-6,9-10,13-16H2,1-2H3;1H2. The predicted molar refractivity (Wildman–Crippen MR) is 120 cm³/mol. The van der Waals surface area contributed by atoms with Crippen molar-refractivity contribution in [3.05, 3.63) is 35.4 Å². The smallest absolute Gasteiger partial charge is 0.106 e. The minimum atomic E-state index is -0.241. The van der Waals surface area contributed by atoms with E-state index in [1.165, 1.54) is 61.3 Å². The number of nitrogens with one attached hydrogen (secondary N) is 1. The second-order valence-corrected chi connectivity index (χ2v) is 10.9. The highest BCUT2D eigenvalue weighted by molar-refractivity contribution is 8.00. The van der Waals surface area contributed by atoms with Crippen LogP contribution in [-0.4, -0.2) is 43.3 Å². The van der Waals surface area contributed by atoms with Crippen molar-refractivity contribution in [1.29, 1.82) is 0 Å². The lowest BCUT2D eigenvalue weighted by atomic mass is 9.91. The zero-order chi connectivity index (χ0) is 19.5. The number of rotatable bonds is 7. The van der Waals surface area contributed by atoms with Crippen LogP contribution in [0.25, 0.3) is 0 Å². The molecule has 1 saturated heterocycles. The summed E-state index contributed by atoms with van der Waals surface area (Å²) in [6.07, 6.45) is 9.84. The summed E-state index contributed by atoms with van der Waals surface area (Å²) in [6.45, 7) is 8.36. The number of carbonyl (C=O) groups excluding carboxylic acids is 1. The first kappa shape index (κ1) is 22.9. The fourth-order valence-corrected chi connectivity index (χ4v) is 8.25. The molecule has 3 unspecified atom stereocenters. The molecular formula is C22H36NO2PS. The van der Waals surface area contributed by atoms with Crippen molar-refractivity contribution in [3.63, 3.8) is 0 Å². The molecule has 0 spiro atoms. The van der Waals surface area contributed by atoms with Gasteiger partial charge in [0.15, 0.2) is 0 Å². The molecule has 1 N–H and O–H groups in total. The van der Waals surface area contributed by atoms with Crippen LogP contribution in [0.4, 0.5) is 0 Å². The Morgan fingerprint density at radius 3 is 2.63 bits per heavy atom. The van der Waals surface area contributed by atoms with E-state index in [9.17, 15) is 0 Å². The molecule has 3 atom stereocenters. The number of aryl methyl sites for hydroxylation is 1. The quantitative estimate of drug-likeness (QED) is 0.598. The number of thioether (sulfide) groups is 1. The van der Waals surface area contributed by atoms with E-state index >= 15 is 0 Å². The van der Waals surface area contributed by atoms with Gasteiger partial charge in [-0.05, 0) is 31.5 Å². The Morgan fingerprint density at radius 1 is 1.22 bits per heavy atom. The highest BCUT2D eigenvalue weighted by Crippen LogP contribution is 2.45. The molecule has 1 saturated carbocycles. The Hall–Kier alpha value is -0.410. The SMILES string of the molecule is C=O.CCOP(CC1CCCCC1)CC1CNC(c2cccc(C)c2)CS1. The van der Waals surface area contributed by atoms with Gasteiger partial charge in [0.2, 0.25) is 0 Å². The number of hydrogen-bond acceptors (Lipinski definition) is 4. The van der Waals surface area contributed by atoms with Crippen LogP contribution in [0.3, 0.4) is 0 Å². The van der Waals surface area contributed by atoms with Crippen molar-refractivity contribution >= 4 is 26.7 Å². The maximum Gasteiger partial charge on any atom is 0.106 e. The maximum atomic E-state index is 8.00. The Morgan fingerprint density at radius 2 is 2.00 bits per heavy atom. The van der Waals surface area contributed by atoms with Crippen LogP contribution in [0, 0.1) is 12.8 Å². The molecule has 0 amide bonds. The highest BCUT2D eigenvalue weighted by Gasteiger charge is 2.27. The van der Waals surface area contributed by atoms with Gasteiger partial charge in [0, 0.05) is 44.5 Å². The van der Waals surface area contributed by atoms with Crippen molar-refractivity contribution in [1.82, 2.24) is 5.32 Å². The Balaban J connectivity index is 0.00000126. The zero-order valence-corrected chi connectivity index (χ0v) is 18.7. The first-order valence-corrected chi connectivity index (χ1v) is 13.0. The third kappa shape index (κ3) is 7.85. The van der Waals surface area contributed by atoms with E-state index in [1.807, 2.05) is 6.79 Å². The number of benzene rings is 1. The van der Waals surface area contributed by atoms with Gasteiger partial charge in [0.05, 0.1) is 0 Å². The monoisotopic (exact) mass is 409 g/mol. The molecule has 0 aromatic heterocycles. The van der Waals surface area contributed by atoms with Gasteiger partial charge in [-0.25, -0.2) is 0 Å². The third-order valence-electron chi connectivity index (χ3n) is 5.44. The van der Waals surface area contributed by atoms with Crippen molar-refractivity contribution in [2.24, 2.45) is 5.92 Å². The maximum absolute atomic E-state index is 8.00. The second kappa shape index (κ2) is 12.9. The van der Waals surface area contributed by atoms with E-state index in [4.69, 9.17) is 9.32 Å². The molecule has 0 radical (unpaired) electrons. The summed E-state index contributed by atoms with van der Waals surface area (Å²) in [5.41, 5.74) is 2.80. The van der Waals surface area contributed by atoms with Crippen LogP contribution in [0.1, 0.15) is 56.2 Å². The molecule has 2 fully saturated rings. The summed E-state index contributed by atoms with van der Waals surface area (Å²) in [7, 11) is -0.241. The Labute approximate surface area is 171 Å². The fraction of sp³-hybridized carbons (Fsp3) is 0.682. The lowest BCUT2D eigenvalue weighted by Crippen LogP contribution is -2.37. The highest BCUT2D eigenvalue weighted by atomic mass is 32.2. The van der Waals surface area contributed by atoms with Crippen molar-refractivity contribution in [2.75, 3.05) is 31.2 Å². The minimum Gasteiger partial charge on any atom is -0.359 e. The van der Waals surface area contributed by atoms with E-state index < -0.39 is 0 Å². The second-order valence-electron chi connectivity index (χ2n) is 7.60. The summed E-state index contributed by atoms with van der Waals surface area (Å²) in [5, 5.41) is 4.52. The minimum absolute atomic E-state index is 0.241. The van der Waals surface area contributed by atoms with Crippen molar-refractivity contribution in [3.8, 4) is 0 Å². The molecule has 2 aliphatic rings. The van der Waals surface area contributed by atoms with E-state index in [1.54, 1.807) is 0 Å². The Bertz CT molecular complexity index is 531. The van der Waals surface area contributed by atoms with Gasteiger partial charge in [-0.1, -0.05) is 61.9 Å². The summed E-state index contributed by atoms with van der Waals surface area (Å²) >= 11 is 2.16. The number of hydrogen-bond donors (Lipinski definition) is 1. The van der Waals surface area contributed by atoms with Crippen LogP contribution in [0.2, 0.25) is 0 Å². The molecule has 3 nitrogen and oxygen atoms in total. The lowest BCUT2D eigenvalue weighted by molar-refractivity contribution is -0.0979. The topological polar surface area (TPSA) is 38.3 Å². The third-order valence-corrected chi connectivity index (χ3v) is 9.41. The fourth-order valence-electron chi connectivity index (χ4n) is 4.09. The van der Waals surface area contributed by atoms with Crippen LogP contribution in [0.15, 0.2) is 24.3 Å². The molecule has 1 aromatic rings. The van der Waals surface area contributed by atoms with Gasteiger partial charge in [-0.3, -0.25) is 0 Å². The summed E-state index contributed by atoms with van der Waals surface area (Å²) in [4.78, 5) is 8.00. The molecular weight excluding hydrogens is 373 g/mol. The first-order valence-electron chi connectivity index (χ1n) is 10.3. The van der Waals surface area contributed by atoms with Gasteiger partial charge in [0.1, 0.15) is 6.79 Å². The summed E-state index contributed by atoms with van der Waals surface area (Å²) in [5.74, 6) is 2.13. The first-order chi connectivity index (χ1) is 13.2. The van der Waals surface area contributed by atoms with Crippen LogP contribution < -0.4 is 5.32 Å². The van der Waals surface area contributed by atoms with E-state index in [0.717, 1.165) is 24.3 Å². The molecule has 5 heteroatoms. The van der Waals surface area contributed by atoms with Gasteiger partial charge in [-0.15, -0.1) is 0 Å². The molecule has 152 valence electrons. The normalized spacial score (nSPS) is 24.7. The number of carbonyl (C=O) groups is 1. The van der Waals surface area contributed by atoms with Crippen molar-refractivity contribution in [2.45, 2.75) is 57.2 Å². The van der Waals surface area contributed by atoms with E-state index in [-0.39, 0.29) is 8.15 Å². The summed E-state index contributed by atoms with van der Waals surface area (Å²) < 4.78 is 6.20. The summed E-state index contributed by atoms with van der Waals surface area (Å²) in [6, 6.07) is 9.47. The molecule has 1 aliphatic carbocycles. The molecule has 3 rings (SSSR count). The average Bonchev–Trinajstić information content (AvgIpc) is 2.71. The van der Waals surface area contributed by atoms with Crippen molar-refractivity contribution < 1.29 is 9.32 Å². The van der Waals surface area contributed by atoms with Crippen LogP contribution in [0.5, 0.6) is 0 Å². The largest absolute Gasteiger partial charge is 0.359 e. The van der Waals surface area contributed by atoms with E-state index in [2.05, 4.69) is 55.2 Å². The van der Waals surface area contributed by atoms with Crippen LogP contribution >= 0.6 is 19.9 Å². The zero-order valence-electron chi connectivity index (χ0n) is 17.0. The van der Waals surface area contributed by atoms with Gasteiger partial charge >= 0.3 is 0 Å². The Kier molecular flexibility index (Phi) is 11.0. The molecule has 27 heavy (non-hydrogen) atoms. The van der Waals surface area contributed by atoms with Crippen LogP contribution in [-0.2, 0) is 9.32 Å².